The van der Waals surface area contributed by atoms with Gasteiger partial charge in [-0.1, -0.05) is 0 Å². The normalized spacial score (nSPS) is 10.5. The molecule has 0 unspecified atom stereocenters. The molecule has 0 radical (unpaired) electrons. The lowest BCUT2D eigenvalue weighted by atomic mass is 10.8. The fourth-order valence-electron chi connectivity index (χ4n) is 0.907. The Morgan fingerprint density at radius 1 is 1.19 bits per heavy atom. The van der Waals surface area contributed by atoms with Crippen LogP contribution in [0.15, 0.2) is 6.33 Å². The summed E-state index contributed by atoms with van der Waals surface area (Å²) in [5, 5.41) is 5.65. The molecular formula is C8H15N5O3. The Bertz CT molecular complexity index is 307. The molecule has 0 amide bonds. The van der Waals surface area contributed by atoms with Crippen molar-refractivity contribution in [1.82, 2.24) is 15.0 Å². The molecule has 90 valence electrons. The van der Waals surface area contributed by atoms with Gasteiger partial charge in [0.05, 0.1) is 0 Å². The van der Waals surface area contributed by atoms with Crippen molar-refractivity contribution in [3.8, 4) is 0 Å². The molecule has 0 aromatic carbocycles. The van der Waals surface area contributed by atoms with Crippen LogP contribution in [0.2, 0.25) is 0 Å². The Hall–Kier alpha value is -1.51. The summed E-state index contributed by atoms with van der Waals surface area (Å²) >= 11 is 0. The Morgan fingerprint density at radius 2 is 1.88 bits per heavy atom. The molecule has 0 spiro atoms. The van der Waals surface area contributed by atoms with Crippen LogP contribution < -0.4 is 10.6 Å². The van der Waals surface area contributed by atoms with E-state index in [1.54, 1.807) is 7.11 Å². The van der Waals surface area contributed by atoms with E-state index in [2.05, 4.69) is 25.6 Å². The van der Waals surface area contributed by atoms with Crippen LogP contribution in [0.3, 0.4) is 0 Å². The minimum atomic E-state index is -0.599. The van der Waals surface area contributed by atoms with E-state index in [4.69, 9.17) is 14.2 Å². The molecule has 1 heterocycles. The Kier molecular flexibility index (Phi) is 5.40. The summed E-state index contributed by atoms with van der Waals surface area (Å²) in [6.45, 7) is 0.321. The molecule has 8 heteroatoms. The highest BCUT2D eigenvalue weighted by Crippen LogP contribution is 2.03. The fraction of sp³-hybridized carbons (Fsp3) is 0.625. The number of nitrogens with zero attached hydrogens (tertiary/aromatic N) is 3. The molecule has 1 aromatic rings. The maximum atomic E-state index is 4.95. The molecule has 0 atom stereocenters. The topological polar surface area (TPSA) is 90.4 Å². The highest BCUT2D eigenvalue weighted by molar-refractivity contribution is 5.32. The second kappa shape index (κ2) is 6.88. The monoisotopic (exact) mass is 229 g/mol. The first-order valence-electron chi connectivity index (χ1n) is 4.54. The molecule has 0 saturated heterocycles. The van der Waals surface area contributed by atoms with Gasteiger partial charge in [0, 0.05) is 21.3 Å². The summed E-state index contributed by atoms with van der Waals surface area (Å²) < 4.78 is 14.7. The van der Waals surface area contributed by atoms with E-state index in [1.165, 1.54) is 20.5 Å². The molecular weight excluding hydrogens is 214 g/mol. The van der Waals surface area contributed by atoms with Crippen LogP contribution in [0.25, 0.3) is 0 Å². The molecule has 1 aromatic heterocycles. The van der Waals surface area contributed by atoms with Crippen LogP contribution in [-0.4, -0.2) is 49.4 Å². The van der Waals surface area contributed by atoms with Crippen molar-refractivity contribution in [3.63, 3.8) is 0 Å². The summed E-state index contributed by atoms with van der Waals surface area (Å²) in [6, 6.07) is 0. The van der Waals surface area contributed by atoms with E-state index < -0.39 is 6.41 Å². The standard InChI is InChI=1S/C8H15N5O3/c1-14-5-11-6-9-4-10-7(12-6)13-8(15-2)16-3/h4,8H,5H2,1-3H3,(H2,9,10,11,12,13). The highest BCUT2D eigenvalue weighted by atomic mass is 16.7. The smallest absolute Gasteiger partial charge is 0.239 e. The lowest BCUT2D eigenvalue weighted by Crippen LogP contribution is -2.25. The lowest BCUT2D eigenvalue weighted by Gasteiger charge is -2.14. The van der Waals surface area contributed by atoms with Crippen molar-refractivity contribution < 1.29 is 14.2 Å². The van der Waals surface area contributed by atoms with Gasteiger partial charge in [0.1, 0.15) is 13.1 Å². The third-order valence-corrected chi connectivity index (χ3v) is 1.62. The summed E-state index contributed by atoms with van der Waals surface area (Å²) in [4.78, 5) is 11.9. The zero-order valence-corrected chi connectivity index (χ0v) is 9.43. The summed E-state index contributed by atoms with van der Waals surface area (Å²) in [5.41, 5.74) is 0. The van der Waals surface area contributed by atoms with Gasteiger partial charge < -0.3 is 24.8 Å². The van der Waals surface area contributed by atoms with Crippen molar-refractivity contribution in [3.05, 3.63) is 6.33 Å². The molecule has 0 saturated carbocycles. The molecule has 0 fully saturated rings. The first-order chi connectivity index (χ1) is 7.80. The summed E-state index contributed by atoms with van der Waals surface area (Å²) in [5.74, 6) is 0.757. The Balaban J connectivity index is 2.59. The van der Waals surface area contributed by atoms with E-state index in [-0.39, 0.29) is 0 Å². The van der Waals surface area contributed by atoms with Crippen LogP contribution in [0.1, 0.15) is 0 Å². The van der Waals surface area contributed by atoms with Gasteiger partial charge in [-0.3, -0.25) is 0 Å². The predicted octanol–water partition coefficient (Wildman–Crippen LogP) is -0.124. The molecule has 16 heavy (non-hydrogen) atoms. The molecule has 8 nitrogen and oxygen atoms in total. The van der Waals surface area contributed by atoms with E-state index in [0.29, 0.717) is 18.6 Å². The van der Waals surface area contributed by atoms with Gasteiger partial charge in [0.15, 0.2) is 0 Å². The van der Waals surface area contributed by atoms with Crippen LogP contribution in [-0.2, 0) is 14.2 Å². The van der Waals surface area contributed by atoms with E-state index in [9.17, 15) is 0 Å². The third-order valence-electron chi connectivity index (χ3n) is 1.62. The van der Waals surface area contributed by atoms with Gasteiger partial charge >= 0.3 is 0 Å². The van der Waals surface area contributed by atoms with Gasteiger partial charge in [0.2, 0.25) is 18.3 Å². The number of ether oxygens (including phenoxy) is 3. The summed E-state index contributed by atoms with van der Waals surface area (Å²) in [7, 11) is 4.58. The summed E-state index contributed by atoms with van der Waals surface area (Å²) in [6.07, 6.45) is 0.771. The number of nitrogens with one attached hydrogen (secondary N) is 2. The van der Waals surface area contributed by atoms with Crippen LogP contribution in [0, 0.1) is 0 Å². The van der Waals surface area contributed by atoms with Crippen molar-refractivity contribution in [2.45, 2.75) is 6.41 Å². The van der Waals surface area contributed by atoms with Gasteiger partial charge in [-0.25, -0.2) is 9.97 Å². The number of methoxy groups -OCH3 is 3. The zero-order chi connectivity index (χ0) is 11.8. The molecule has 2 N–H and O–H groups in total. The maximum absolute atomic E-state index is 4.95. The number of hydrogen-bond acceptors (Lipinski definition) is 8. The van der Waals surface area contributed by atoms with Gasteiger partial charge in [-0.15, -0.1) is 0 Å². The Labute approximate surface area is 93.4 Å². The molecule has 0 aliphatic carbocycles. The Morgan fingerprint density at radius 3 is 2.50 bits per heavy atom. The molecule has 0 aliphatic rings. The average Bonchev–Trinajstić information content (AvgIpc) is 2.34. The second-order valence-corrected chi connectivity index (χ2v) is 2.69. The fourth-order valence-corrected chi connectivity index (χ4v) is 0.907. The van der Waals surface area contributed by atoms with Gasteiger partial charge in [-0.05, 0) is 0 Å². The second-order valence-electron chi connectivity index (χ2n) is 2.69. The quantitative estimate of drug-likeness (QED) is 0.625. The van der Waals surface area contributed by atoms with Crippen LogP contribution in [0.4, 0.5) is 11.9 Å². The average molecular weight is 229 g/mol. The number of aromatic nitrogens is 3. The lowest BCUT2D eigenvalue weighted by molar-refractivity contribution is -0.0813. The number of rotatable bonds is 7. The highest BCUT2D eigenvalue weighted by Gasteiger charge is 2.07. The minimum absolute atomic E-state index is 0.321. The van der Waals surface area contributed by atoms with E-state index in [1.807, 2.05) is 0 Å². The number of anilines is 2. The number of hydrogen-bond donors (Lipinski definition) is 2. The first-order valence-corrected chi connectivity index (χ1v) is 4.54. The molecule has 0 bridgehead atoms. The van der Waals surface area contributed by atoms with Crippen molar-refractivity contribution in [2.75, 3.05) is 38.7 Å². The van der Waals surface area contributed by atoms with Gasteiger partial charge in [-0.2, -0.15) is 4.98 Å². The zero-order valence-electron chi connectivity index (χ0n) is 9.43. The van der Waals surface area contributed by atoms with Crippen LogP contribution >= 0.6 is 0 Å². The largest absolute Gasteiger partial charge is 0.364 e. The van der Waals surface area contributed by atoms with Crippen molar-refractivity contribution in [2.24, 2.45) is 0 Å². The van der Waals surface area contributed by atoms with Gasteiger partial charge in [0.25, 0.3) is 0 Å². The van der Waals surface area contributed by atoms with E-state index in [0.717, 1.165) is 0 Å². The molecule has 0 aliphatic heterocycles. The van der Waals surface area contributed by atoms with E-state index >= 15 is 0 Å². The van der Waals surface area contributed by atoms with Crippen molar-refractivity contribution in [1.29, 1.82) is 0 Å². The first kappa shape index (κ1) is 12.6. The van der Waals surface area contributed by atoms with Crippen LogP contribution in [0.5, 0.6) is 0 Å². The minimum Gasteiger partial charge on any atom is -0.364 e. The third kappa shape index (κ3) is 3.93. The maximum Gasteiger partial charge on any atom is 0.239 e. The van der Waals surface area contributed by atoms with Crippen molar-refractivity contribution >= 4 is 11.9 Å². The SMILES string of the molecule is COCNc1ncnc(NC(OC)OC)n1. The molecule has 1 rings (SSSR count). The predicted molar refractivity (Wildman–Crippen MR) is 56.8 cm³/mol.